The van der Waals surface area contributed by atoms with Crippen LogP contribution in [-0.4, -0.2) is 6.54 Å². The van der Waals surface area contributed by atoms with Crippen LogP contribution in [0.4, 0.5) is 0 Å². The molecule has 1 heterocycles. The molecule has 0 radical (unpaired) electrons. The minimum atomic E-state index is 0.890. The van der Waals surface area contributed by atoms with Gasteiger partial charge in [-0.3, -0.25) is 0 Å². The van der Waals surface area contributed by atoms with E-state index in [1.165, 1.54) is 32.2 Å². The molecule has 0 amide bonds. The molecule has 82 valence electrons. The SMILES string of the molecule is c1coc(CNCC2CC3CCC2C3)c1. The van der Waals surface area contributed by atoms with Gasteiger partial charge in [-0.05, 0) is 55.7 Å². The Kier molecular flexibility index (Phi) is 2.53. The van der Waals surface area contributed by atoms with Crippen molar-refractivity contribution in [2.24, 2.45) is 17.8 Å². The van der Waals surface area contributed by atoms with Crippen LogP contribution in [0.15, 0.2) is 22.8 Å². The lowest BCUT2D eigenvalue weighted by molar-refractivity contribution is 0.314. The Labute approximate surface area is 91.0 Å². The summed E-state index contributed by atoms with van der Waals surface area (Å²) in [5, 5.41) is 3.52. The monoisotopic (exact) mass is 205 g/mol. The highest BCUT2D eigenvalue weighted by Crippen LogP contribution is 2.47. The average Bonchev–Trinajstić information content (AvgIpc) is 2.93. The zero-order chi connectivity index (χ0) is 10.1. The van der Waals surface area contributed by atoms with Gasteiger partial charge in [-0.2, -0.15) is 0 Å². The fourth-order valence-corrected chi connectivity index (χ4v) is 3.42. The summed E-state index contributed by atoms with van der Waals surface area (Å²) in [6.07, 6.45) is 7.70. The van der Waals surface area contributed by atoms with Crippen molar-refractivity contribution in [3.63, 3.8) is 0 Å². The van der Waals surface area contributed by atoms with Crippen LogP contribution in [0.5, 0.6) is 0 Å². The van der Waals surface area contributed by atoms with E-state index in [4.69, 9.17) is 4.42 Å². The van der Waals surface area contributed by atoms with Gasteiger partial charge in [0.05, 0.1) is 12.8 Å². The van der Waals surface area contributed by atoms with Gasteiger partial charge in [0, 0.05) is 0 Å². The van der Waals surface area contributed by atoms with Gasteiger partial charge in [0.25, 0.3) is 0 Å². The number of rotatable bonds is 4. The van der Waals surface area contributed by atoms with Crippen LogP contribution >= 0.6 is 0 Å². The fourth-order valence-electron chi connectivity index (χ4n) is 3.42. The first-order valence-corrected chi connectivity index (χ1v) is 6.15. The van der Waals surface area contributed by atoms with Crippen molar-refractivity contribution < 1.29 is 4.42 Å². The Hall–Kier alpha value is -0.760. The summed E-state index contributed by atoms with van der Waals surface area (Å²) in [7, 11) is 0. The summed E-state index contributed by atoms with van der Waals surface area (Å²) in [6.45, 7) is 2.07. The Morgan fingerprint density at radius 3 is 3.00 bits per heavy atom. The zero-order valence-electron chi connectivity index (χ0n) is 9.11. The molecule has 0 saturated heterocycles. The van der Waals surface area contributed by atoms with Crippen LogP contribution in [0.25, 0.3) is 0 Å². The Bertz CT molecular complexity index is 306. The van der Waals surface area contributed by atoms with Gasteiger partial charge in [0.2, 0.25) is 0 Å². The topological polar surface area (TPSA) is 25.2 Å². The van der Waals surface area contributed by atoms with Crippen LogP contribution in [0.2, 0.25) is 0 Å². The van der Waals surface area contributed by atoms with Crippen molar-refractivity contribution in [3.8, 4) is 0 Å². The molecule has 1 N–H and O–H groups in total. The third-order valence-corrected chi connectivity index (χ3v) is 4.17. The lowest BCUT2D eigenvalue weighted by atomic mass is 9.89. The van der Waals surface area contributed by atoms with E-state index < -0.39 is 0 Å². The van der Waals surface area contributed by atoms with Crippen molar-refractivity contribution in [1.82, 2.24) is 5.32 Å². The van der Waals surface area contributed by atoms with E-state index in [-0.39, 0.29) is 0 Å². The molecule has 3 atom stereocenters. The summed E-state index contributed by atoms with van der Waals surface area (Å²) in [5.41, 5.74) is 0. The van der Waals surface area contributed by atoms with Gasteiger partial charge in [0.1, 0.15) is 5.76 Å². The normalized spacial score (nSPS) is 33.7. The predicted octanol–water partition coefficient (Wildman–Crippen LogP) is 2.81. The van der Waals surface area contributed by atoms with Crippen LogP contribution in [0, 0.1) is 17.8 Å². The maximum atomic E-state index is 5.30. The second-order valence-corrected chi connectivity index (χ2v) is 5.15. The summed E-state index contributed by atoms with van der Waals surface area (Å²) in [5.74, 6) is 4.08. The lowest BCUT2D eigenvalue weighted by Gasteiger charge is -2.21. The second kappa shape index (κ2) is 4.01. The molecule has 15 heavy (non-hydrogen) atoms. The Balaban J connectivity index is 1.43. The Morgan fingerprint density at radius 2 is 2.33 bits per heavy atom. The molecule has 2 fully saturated rings. The van der Waals surface area contributed by atoms with Gasteiger partial charge in [0.15, 0.2) is 0 Å². The number of furan rings is 1. The molecule has 2 heteroatoms. The van der Waals surface area contributed by atoms with Gasteiger partial charge in [-0.15, -0.1) is 0 Å². The molecule has 0 spiro atoms. The van der Waals surface area contributed by atoms with Crippen LogP contribution < -0.4 is 5.32 Å². The molecule has 2 nitrogen and oxygen atoms in total. The van der Waals surface area contributed by atoms with Crippen molar-refractivity contribution in [3.05, 3.63) is 24.2 Å². The largest absolute Gasteiger partial charge is 0.468 e. The van der Waals surface area contributed by atoms with Crippen molar-refractivity contribution in [2.45, 2.75) is 32.2 Å². The summed E-state index contributed by atoms with van der Waals surface area (Å²) in [4.78, 5) is 0. The molecule has 2 aliphatic carbocycles. The first-order chi connectivity index (χ1) is 7.42. The minimum Gasteiger partial charge on any atom is -0.468 e. The predicted molar refractivity (Wildman–Crippen MR) is 59.4 cm³/mol. The number of hydrogen-bond acceptors (Lipinski definition) is 2. The fraction of sp³-hybridized carbons (Fsp3) is 0.692. The third kappa shape index (κ3) is 1.96. The Morgan fingerprint density at radius 1 is 1.33 bits per heavy atom. The maximum Gasteiger partial charge on any atom is 0.117 e. The van der Waals surface area contributed by atoms with Crippen molar-refractivity contribution in [1.29, 1.82) is 0 Å². The van der Waals surface area contributed by atoms with E-state index in [1.54, 1.807) is 6.26 Å². The smallest absolute Gasteiger partial charge is 0.117 e. The molecule has 1 aromatic heterocycles. The quantitative estimate of drug-likeness (QED) is 0.817. The van der Waals surface area contributed by atoms with E-state index in [0.717, 1.165) is 30.1 Å². The summed E-state index contributed by atoms with van der Waals surface area (Å²) >= 11 is 0. The molecule has 2 aliphatic rings. The highest BCUT2D eigenvalue weighted by Gasteiger charge is 2.38. The van der Waals surface area contributed by atoms with Crippen molar-refractivity contribution in [2.75, 3.05) is 6.54 Å². The molecular formula is C13H19NO. The molecular weight excluding hydrogens is 186 g/mol. The first-order valence-electron chi connectivity index (χ1n) is 6.15. The number of nitrogens with one attached hydrogen (secondary N) is 1. The maximum absolute atomic E-state index is 5.30. The van der Waals surface area contributed by atoms with Crippen LogP contribution in [0.3, 0.4) is 0 Å². The molecule has 3 rings (SSSR count). The van der Waals surface area contributed by atoms with Crippen LogP contribution in [-0.2, 0) is 6.54 Å². The second-order valence-electron chi connectivity index (χ2n) is 5.15. The summed E-state index contributed by atoms with van der Waals surface area (Å²) in [6, 6.07) is 3.99. The lowest BCUT2D eigenvalue weighted by Crippen LogP contribution is -2.25. The van der Waals surface area contributed by atoms with Crippen LogP contribution in [0.1, 0.15) is 31.4 Å². The molecule has 3 unspecified atom stereocenters. The van der Waals surface area contributed by atoms with Gasteiger partial charge in [-0.25, -0.2) is 0 Å². The average molecular weight is 205 g/mol. The van der Waals surface area contributed by atoms with Gasteiger partial charge < -0.3 is 9.73 Å². The number of hydrogen-bond donors (Lipinski definition) is 1. The van der Waals surface area contributed by atoms with E-state index in [9.17, 15) is 0 Å². The first kappa shape index (κ1) is 9.46. The van der Waals surface area contributed by atoms with Gasteiger partial charge >= 0.3 is 0 Å². The van der Waals surface area contributed by atoms with E-state index in [2.05, 4.69) is 5.32 Å². The molecule has 2 saturated carbocycles. The molecule has 0 aromatic carbocycles. The minimum absolute atomic E-state index is 0.890. The highest BCUT2D eigenvalue weighted by molar-refractivity contribution is 4.98. The van der Waals surface area contributed by atoms with Crippen molar-refractivity contribution >= 4 is 0 Å². The molecule has 1 aromatic rings. The van der Waals surface area contributed by atoms with E-state index >= 15 is 0 Å². The standard InChI is InChI=1S/C13H19NO/c1-2-13(15-5-1)9-14-8-12-7-10-3-4-11(12)6-10/h1-2,5,10-12,14H,3-4,6-9H2. The van der Waals surface area contributed by atoms with Gasteiger partial charge in [-0.1, -0.05) is 6.42 Å². The highest BCUT2D eigenvalue weighted by atomic mass is 16.3. The van der Waals surface area contributed by atoms with E-state index in [0.29, 0.717) is 0 Å². The third-order valence-electron chi connectivity index (χ3n) is 4.17. The zero-order valence-corrected chi connectivity index (χ0v) is 9.11. The van der Waals surface area contributed by atoms with E-state index in [1.807, 2.05) is 12.1 Å². The molecule has 2 bridgehead atoms. The molecule has 0 aliphatic heterocycles. The number of fused-ring (bicyclic) bond motifs is 2. The summed E-state index contributed by atoms with van der Waals surface area (Å²) < 4.78 is 5.30.